The first kappa shape index (κ1) is 16.9. The van der Waals surface area contributed by atoms with E-state index in [-0.39, 0.29) is 12.5 Å². The number of nitrogens with one attached hydrogen (secondary N) is 1. The maximum atomic E-state index is 11.9. The number of rotatable bonds is 7. The minimum Gasteiger partial charge on any atom is -0.496 e. The highest BCUT2D eigenvalue weighted by molar-refractivity contribution is 5.77. The van der Waals surface area contributed by atoms with Crippen LogP contribution in [0.3, 0.4) is 0 Å². The molecule has 0 spiro atoms. The van der Waals surface area contributed by atoms with Crippen molar-refractivity contribution >= 4 is 5.91 Å². The topological polar surface area (TPSA) is 47.6 Å². The van der Waals surface area contributed by atoms with E-state index >= 15 is 0 Å². The third-order valence-electron chi connectivity index (χ3n) is 3.47. The molecule has 4 nitrogen and oxygen atoms in total. The fourth-order valence-corrected chi connectivity index (χ4v) is 2.46. The van der Waals surface area contributed by atoms with Gasteiger partial charge in [-0.15, -0.1) is 0 Å². The Bertz CT molecular complexity index is 647. The van der Waals surface area contributed by atoms with Gasteiger partial charge in [0.15, 0.2) is 6.61 Å². The Hall–Kier alpha value is -2.49. The van der Waals surface area contributed by atoms with Crippen LogP contribution in [0.5, 0.6) is 11.5 Å². The molecule has 0 bridgehead atoms. The number of benzene rings is 2. The van der Waals surface area contributed by atoms with E-state index in [9.17, 15) is 4.79 Å². The molecule has 122 valence electrons. The maximum Gasteiger partial charge on any atom is 0.257 e. The Kier molecular flexibility index (Phi) is 6.03. The quantitative estimate of drug-likeness (QED) is 0.854. The number of hydrogen-bond acceptors (Lipinski definition) is 3. The number of hydrogen-bond donors (Lipinski definition) is 1. The first-order valence-electron chi connectivity index (χ1n) is 7.68. The molecule has 4 heteroatoms. The molecule has 0 aliphatic carbocycles. The summed E-state index contributed by atoms with van der Waals surface area (Å²) in [5, 5.41) is 2.86. The van der Waals surface area contributed by atoms with E-state index in [2.05, 4.69) is 11.4 Å². The van der Waals surface area contributed by atoms with Crippen LogP contribution in [-0.2, 0) is 11.2 Å². The molecule has 0 fully saturated rings. The first-order valence-corrected chi connectivity index (χ1v) is 7.68. The van der Waals surface area contributed by atoms with Gasteiger partial charge in [0.25, 0.3) is 5.91 Å². The summed E-state index contributed by atoms with van der Waals surface area (Å²) in [5.41, 5.74) is 3.32. The molecule has 23 heavy (non-hydrogen) atoms. The van der Waals surface area contributed by atoms with Crippen LogP contribution in [0.1, 0.15) is 16.7 Å². The van der Waals surface area contributed by atoms with Crippen molar-refractivity contribution in [2.75, 3.05) is 20.3 Å². The molecule has 2 aromatic carbocycles. The van der Waals surface area contributed by atoms with Crippen molar-refractivity contribution in [1.82, 2.24) is 5.32 Å². The van der Waals surface area contributed by atoms with Crippen LogP contribution >= 0.6 is 0 Å². The zero-order chi connectivity index (χ0) is 16.7. The van der Waals surface area contributed by atoms with Crippen LogP contribution < -0.4 is 14.8 Å². The van der Waals surface area contributed by atoms with E-state index in [1.807, 2.05) is 50.2 Å². The van der Waals surface area contributed by atoms with Crippen LogP contribution in [0.2, 0.25) is 0 Å². The second kappa shape index (κ2) is 8.22. The Morgan fingerprint density at radius 3 is 2.48 bits per heavy atom. The Balaban J connectivity index is 1.77. The molecule has 0 saturated heterocycles. The van der Waals surface area contributed by atoms with E-state index in [1.54, 1.807) is 7.11 Å². The van der Waals surface area contributed by atoms with Crippen LogP contribution in [0.4, 0.5) is 0 Å². The van der Waals surface area contributed by atoms with Crippen molar-refractivity contribution in [3.8, 4) is 11.5 Å². The average Bonchev–Trinajstić information content (AvgIpc) is 2.52. The van der Waals surface area contributed by atoms with E-state index in [0.29, 0.717) is 6.54 Å². The van der Waals surface area contributed by atoms with Gasteiger partial charge in [0.2, 0.25) is 0 Å². The molecular weight excluding hydrogens is 290 g/mol. The third kappa shape index (κ3) is 5.33. The summed E-state index contributed by atoms with van der Waals surface area (Å²) in [7, 11) is 1.65. The number of aryl methyl sites for hydroxylation is 2. The van der Waals surface area contributed by atoms with Crippen LogP contribution in [-0.4, -0.2) is 26.2 Å². The minimum absolute atomic E-state index is 0.0226. The molecule has 0 aromatic heterocycles. The normalized spacial score (nSPS) is 10.2. The van der Waals surface area contributed by atoms with E-state index < -0.39 is 0 Å². The lowest BCUT2D eigenvalue weighted by Crippen LogP contribution is -2.30. The number of ether oxygens (including phenoxy) is 2. The SMILES string of the molecule is COc1ccccc1CCNC(=O)COc1cc(C)cc(C)c1. The van der Waals surface area contributed by atoms with Gasteiger partial charge in [0.05, 0.1) is 7.11 Å². The van der Waals surface area contributed by atoms with Gasteiger partial charge >= 0.3 is 0 Å². The van der Waals surface area contributed by atoms with E-state index in [4.69, 9.17) is 9.47 Å². The van der Waals surface area contributed by atoms with Gasteiger partial charge in [-0.05, 0) is 55.2 Å². The molecule has 0 heterocycles. The van der Waals surface area contributed by atoms with E-state index in [0.717, 1.165) is 34.6 Å². The molecule has 1 amide bonds. The lowest BCUT2D eigenvalue weighted by Gasteiger charge is -2.10. The van der Waals surface area contributed by atoms with Crippen molar-refractivity contribution in [2.24, 2.45) is 0 Å². The molecule has 0 atom stereocenters. The predicted octanol–water partition coefficient (Wildman–Crippen LogP) is 3.05. The van der Waals surface area contributed by atoms with Gasteiger partial charge in [0, 0.05) is 6.54 Å². The molecule has 2 aromatic rings. The van der Waals surface area contributed by atoms with Crippen molar-refractivity contribution in [3.63, 3.8) is 0 Å². The van der Waals surface area contributed by atoms with Crippen LogP contribution in [0, 0.1) is 13.8 Å². The number of carbonyl (C=O) groups excluding carboxylic acids is 1. The highest BCUT2D eigenvalue weighted by Gasteiger charge is 2.05. The third-order valence-corrected chi connectivity index (χ3v) is 3.47. The molecule has 2 rings (SSSR count). The average molecular weight is 313 g/mol. The zero-order valence-electron chi connectivity index (χ0n) is 13.9. The number of methoxy groups -OCH3 is 1. The smallest absolute Gasteiger partial charge is 0.257 e. The monoisotopic (exact) mass is 313 g/mol. The second-order valence-corrected chi connectivity index (χ2v) is 5.52. The van der Waals surface area contributed by atoms with Gasteiger partial charge < -0.3 is 14.8 Å². The molecule has 0 aliphatic heterocycles. The minimum atomic E-state index is -0.126. The van der Waals surface area contributed by atoms with Crippen molar-refractivity contribution in [2.45, 2.75) is 20.3 Å². The maximum absolute atomic E-state index is 11.9. The van der Waals surface area contributed by atoms with Gasteiger partial charge in [0.1, 0.15) is 11.5 Å². The lowest BCUT2D eigenvalue weighted by atomic mass is 10.1. The second-order valence-electron chi connectivity index (χ2n) is 5.52. The standard InChI is InChI=1S/C19H23NO3/c1-14-10-15(2)12-17(11-14)23-13-19(21)20-9-8-16-6-4-5-7-18(16)22-3/h4-7,10-12H,8-9,13H2,1-3H3,(H,20,21). The number of carbonyl (C=O) groups is 1. The van der Waals surface area contributed by atoms with Gasteiger partial charge in [-0.3, -0.25) is 4.79 Å². The van der Waals surface area contributed by atoms with Crippen molar-refractivity contribution < 1.29 is 14.3 Å². The number of amides is 1. The Morgan fingerprint density at radius 1 is 1.09 bits per heavy atom. The fraction of sp³-hybridized carbons (Fsp3) is 0.316. The summed E-state index contributed by atoms with van der Waals surface area (Å²) < 4.78 is 10.8. The highest BCUT2D eigenvalue weighted by atomic mass is 16.5. The molecule has 0 radical (unpaired) electrons. The van der Waals surface area contributed by atoms with E-state index in [1.165, 1.54) is 0 Å². The predicted molar refractivity (Wildman–Crippen MR) is 91.1 cm³/mol. The lowest BCUT2D eigenvalue weighted by molar-refractivity contribution is -0.123. The summed E-state index contributed by atoms with van der Waals surface area (Å²) in [6.07, 6.45) is 0.722. The van der Waals surface area contributed by atoms with Crippen molar-refractivity contribution in [3.05, 3.63) is 59.2 Å². The molecule has 0 aliphatic rings. The zero-order valence-corrected chi connectivity index (χ0v) is 13.9. The molecule has 0 unspecified atom stereocenters. The van der Waals surface area contributed by atoms with Crippen LogP contribution in [0.25, 0.3) is 0 Å². The Morgan fingerprint density at radius 2 is 1.78 bits per heavy atom. The van der Waals surface area contributed by atoms with Gasteiger partial charge in [-0.25, -0.2) is 0 Å². The van der Waals surface area contributed by atoms with Crippen molar-refractivity contribution in [1.29, 1.82) is 0 Å². The first-order chi connectivity index (χ1) is 11.1. The van der Waals surface area contributed by atoms with Crippen LogP contribution in [0.15, 0.2) is 42.5 Å². The molecule has 0 saturated carbocycles. The van der Waals surface area contributed by atoms with Gasteiger partial charge in [-0.1, -0.05) is 24.3 Å². The van der Waals surface area contributed by atoms with Gasteiger partial charge in [-0.2, -0.15) is 0 Å². The fourth-order valence-electron chi connectivity index (χ4n) is 2.46. The summed E-state index contributed by atoms with van der Waals surface area (Å²) in [5.74, 6) is 1.44. The Labute approximate surface area is 137 Å². The summed E-state index contributed by atoms with van der Waals surface area (Å²) in [6, 6.07) is 13.7. The molecule has 1 N–H and O–H groups in total. The summed E-state index contributed by atoms with van der Waals surface area (Å²) in [4.78, 5) is 11.9. The summed E-state index contributed by atoms with van der Waals surface area (Å²) >= 11 is 0. The summed E-state index contributed by atoms with van der Waals surface area (Å²) in [6.45, 7) is 4.59. The number of para-hydroxylation sites is 1. The largest absolute Gasteiger partial charge is 0.496 e. The molecular formula is C19H23NO3. The highest BCUT2D eigenvalue weighted by Crippen LogP contribution is 2.17.